The molecule has 10 heteroatoms. The van der Waals surface area contributed by atoms with Crippen molar-refractivity contribution in [2.45, 2.75) is 108 Å². The number of aliphatic hydroxyl groups excluding tert-OH is 1. The number of aliphatic hydroxyl groups is 1. The Kier molecular flexibility index (Phi) is 13.8. The van der Waals surface area contributed by atoms with Crippen LogP contribution in [0.2, 0.25) is 0 Å². The maximum atomic E-state index is 14.5. The van der Waals surface area contributed by atoms with Crippen molar-refractivity contribution in [3.8, 4) is 0 Å². The van der Waals surface area contributed by atoms with Gasteiger partial charge in [0.2, 0.25) is 11.8 Å². The molecule has 1 fully saturated rings. The Morgan fingerprint density at radius 3 is 2.28 bits per heavy atom. The molecule has 0 aliphatic heterocycles. The molecule has 3 N–H and O–H groups in total. The van der Waals surface area contributed by atoms with Crippen LogP contribution in [-0.2, 0) is 25.6 Å². The second kappa shape index (κ2) is 17.6. The van der Waals surface area contributed by atoms with Crippen LogP contribution in [0.25, 0.3) is 10.8 Å². The first-order chi connectivity index (χ1) is 23.6. The first-order valence-corrected chi connectivity index (χ1v) is 18.6. The number of methoxy groups -OCH3 is 1. The molecule has 50 heavy (non-hydrogen) atoms. The number of thioether (sulfide) groups is 1. The van der Waals surface area contributed by atoms with Crippen molar-refractivity contribution in [2.75, 3.05) is 19.4 Å². The molecule has 1 aliphatic carbocycles. The zero-order valence-corrected chi connectivity index (χ0v) is 31.4. The third kappa shape index (κ3) is 12.3. The topological polar surface area (TPSA) is 117 Å². The maximum Gasteiger partial charge on any atom is 0.408 e. The molecule has 0 saturated heterocycles. The highest BCUT2D eigenvalue weighted by Crippen LogP contribution is 2.35. The molecular weight excluding hydrogens is 651 g/mol. The molecule has 1 saturated carbocycles. The Balaban J connectivity index is 1.56. The van der Waals surface area contributed by atoms with Gasteiger partial charge < -0.3 is 30.1 Å². The fourth-order valence-corrected chi connectivity index (χ4v) is 7.43. The summed E-state index contributed by atoms with van der Waals surface area (Å²) < 4.78 is 11.2. The van der Waals surface area contributed by atoms with E-state index < -0.39 is 23.8 Å². The van der Waals surface area contributed by atoms with E-state index in [2.05, 4.69) is 22.8 Å². The lowest BCUT2D eigenvalue weighted by Gasteiger charge is -2.38. The van der Waals surface area contributed by atoms with Gasteiger partial charge in [0.05, 0.1) is 12.2 Å². The Hall–Kier alpha value is -3.60. The van der Waals surface area contributed by atoms with Crippen molar-refractivity contribution in [1.29, 1.82) is 0 Å². The number of rotatable bonds is 13. The summed E-state index contributed by atoms with van der Waals surface area (Å²) in [5, 5.41) is 19.8. The summed E-state index contributed by atoms with van der Waals surface area (Å²) in [4.78, 5) is 43.5. The third-order valence-corrected chi connectivity index (χ3v) is 9.86. The van der Waals surface area contributed by atoms with Gasteiger partial charge in [-0.15, -0.1) is 11.8 Å². The predicted octanol–water partition coefficient (Wildman–Crippen LogP) is 6.95. The molecule has 0 radical (unpaired) electrons. The van der Waals surface area contributed by atoms with Gasteiger partial charge in [0, 0.05) is 42.3 Å². The van der Waals surface area contributed by atoms with E-state index in [1.165, 1.54) is 11.8 Å². The smallest absolute Gasteiger partial charge is 0.408 e. The third-order valence-electron chi connectivity index (χ3n) is 8.77. The monoisotopic (exact) mass is 705 g/mol. The number of alkyl carbamates (subject to hydrolysis) is 1. The van der Waals surface area contributed by atoms with E-state index in [4.69, 9.17) is 9.47 Å². The number of benzene rings is 3. The van der Waals surface area contributed by atoms with Crippen LogP contribution in [0.1, 0.15) is 72.8 Å². The zero-order valence-electron chi connectivity index (χ0n) is 30.6. The minimum absolute atomic E-state index is 0.0185. The van der Waals surface area contributed by atoms with Gasteiger partial charge in [-0.2, -0.15) is 0 Å². The van der Waals surface area contributed by atoms with Crippen molar-refractivity contribution in [1.82, 2.24) is 15.5 Å². The molecule has 0 aromatic heterocycles. The molecule has 5 atom stereocenters. The number of fused-ring (bicyclic) bond motifs is 1. The fraction of sp³-hybridized carbons (Fsp3) is 0.525. The van der Waals surface area contributed by atoms with E-state index in [0.717, 1.165) is 34.1 Å². The molecule has 3 amide bonds. The Morgan fingerprint density at radius 1 is 0.940 bits per heavy atom. The minimum Gasteiger partial charge on any atom is -0.444 e. The fourth-order valence-electron chi connectivity index (χ4n) is 6.47. The molecule has 0 bridgehead atoms. The van der Waals surface area contributed by atoms with Crippen LogP contribution in [0.3, 0.4) is 0 Å². The normalized spacial score (nSPS) is 19.3. The average Bonchev–Trinajstić information content (AvgIpc) is 3.05. The summed E-state index contributed by atoms with van der Waals surface area (Å²) in [5.74, 6) is -0.501. The molecule has 4 rings (SSSR count). The number of nitrogens with zero attached hydrogens (tertiary/aromatic N) is 1. The van der Waals surface area contributed by atoms with Gasteiger partial charge >= 0.3 is 6.09 Å². The lowest BCUT2D eigenvalue weighted by Crippen LogP contribution is -2.52. The van der Waals surface area contributed by atoms with Crippen molar-refractivity contribution >= 4 is 40.4 Å². The number of carbonyl (C=O) groups excluding carboxylic acids is 3. The van der Waals surface area contributed by atoms with Gasteiger partial charge in [0.25, 0.3) is 0 Å². The first-order valence-electron chi connectivity index (χ1n) is 17.6. The van der Waals surface area contributed by atoms with E-state index in [9.17, 15) is 19.5 Å². The van der Waals surface area contributed by atoms with Crippen LogP contribution < -0.4 is 10.6 Å². The van der Waals surface area contributed by atoms with Crippen molar-refractivity contribution in [3.05, 3.63) is 78.4 Å². The minimum atomic E-state index is -0.931. The highest BCUT2D eigenvalue weighted by molar-refractivity contribution is 7.99. The lowest BCUT2D eigenvalue weighted by molar-refractivity contribution is -0.136. The summed E-state index contributed by atoms with van der Waals surface area (Å²) in [6, 6.07) is 22.9. The Labute approximate surface area is 301 Å². The molecule has 3 aromatic rings. The van der Waals surface area contributed by atoms with Crippen molar-refractivity contribution in [2.24, 2.45) is 11.8 Å². The molecule has 1 aliphatic rings. The molecule has 9 nitrogen and oxygen atoms in total. The SMILES string of the molecule is COC1CCC(CC(O)CN(Cc2ccccc2)C(=O)C(CSc2ccc3ccccc3c2)NC(=O)OC(C)(C)C)C(C(=O)NC(C)(C)C)C1. The van der Waals surface area contributed by atoms with Crippen LogP contribution in [0.5, 0.6) is 0 Å². The number of carbonyl (C=O) groups is 3. The van der Waals surface area contributed by atoms with Gasteiger partial charge in [0.15, 0.2) is 0 Å². The number of ether oxygens (including phenoxy) is 2. The molecule has 0 spiro atoms. The van der Waals surface area contributed by atoms with E-state index in [1.807, 2.05) is 81.4 Å². The van der Waals surface area contributed by atoms with Crippen LogP contribution in [0.15, 0.2) is 77.7 Å². The summed E-state index contributed by atoms with van der Waals surface area (Å²) in [7, 11) is 1.67. The van der Waals surface area contributed by atoms with Crippen LogP contribution in [0.4, 0.5) is 4.79 Å². The highest BCUT2D eigenvalue weighted by Gasteiger charge is 2.38. The predicted molar refractivity (Wildman–Crippen MR) is 200 cm³/mol. The van der Waals surface area contributed by atoms with Crippen LogP contribution >= 0.6 is 11.8 Å². The number of hydrogen-bond donors (Lipinski definition) is 3. The summed E-state index contributed by atoms with van der Waals surface area (Å²) in [6.45, 7) is 11.5. The van der Waals surface area contributed by atoms with E-state index >= 15 is 0 Å². The second-order valence-electron chi connectivity index (χ2n) is 15.4. The standard InChI is InChI=1S/C40H55N3O6S/c1-39(2,3)42-36(45)34-23-32(48-7)19-17-30(34)21-31(44)25-43(24-27-13-9-8-10-14-27)37(46)35(41-38(47)49-40(4,5)6)26-50-33-20-18-28-15-11-12-16-29(28)22-33/h8-16,18,20,22,30-32,34-35,44H,17,19,21,23-26H2,1-7H3,(H,41,47)(H,42,45). The molecule has 3 aromatic carbocycles. The van der Waals surface area contributed by atoms with Gasteiger partial charge in [-0.25, -0.2) is 4.79 Å². The van der Waals surface area contributed by atoms with E-state index in [-0.39, 0.29) is 54.1 Å². The summed E-state index contributed by atoms with van der Waals surface area (Å²) in [5.41, 5.74) is -0.241. The number of hydrogen-bond acceptors (Lipinski definition) is 7. The largest absolute Gasteiger partial charge is 0.444 e. The van der Waals surface area contributed by atoms with Crippen molar-refractivity contribution < 1.29 is 29.0 Å². The maximum absolute atomic E-state index is 14.5. The average molecular weight is 706 g/mol. The first kappa shape index (κ1) is 39.2. The number of amides is 3. The lowest BCUT2D eigenvalue weighted by atomic mass is 9.74. The van der Waals surface area contributed by atoms with Gasteiger partial charge in [-0.3, -0.25) is 9.59 Å². The quantitative estimate of drug-likeness (QED) is 0.165. The highest BCUT2D eigenvalue weighted by atomic mass is 32.2. The summed E-state index contributed by atoms with van der Waals surface area (Å²) >= 11 is 1.48. The second-order valence-corrected chi connectivity index (χ2v) is 16.5. The zero-order chi connectivity index (χ0) is 36.5. The van der Waals surface area contributed by atoms with Gasteiger partial charge in [-0.05, 0) is 102 Å². The molecule has 272 valence electrons. The summed E-state index contributed by atoms with van der Waals surface area (Å²) in [6.07, 6.45) is 0.868. The van der Waals surface area contributed by atoms with Crippen LogP contribution in [0, 0.1) is 11.8 Å². The van der Waals surface area contributed by atoms with Gasteiger partial charge in [-0.1, -0.05) is 60.7 Å². The molecule has 0 heterocycles. The van der Waals surface area contributed by atoms with Gasteiger partial charge in [0.1, 0.15) is 11.6 Å². The number of nitrogens with one attached hydrogen (secondary N) is 2. The Morgan fingerprint density at radius 2 is 1.62 bits per heavy atom. The van der Waals surface area contributed by atoms with E-state index in [1.54, 1.807) is 32.8 Å². The van der Waals surface area contributed by atoms with Crippen molar-refractivity contribution in [3.63, 3.8) is 0 Å². The van der Waals surface area contributed by atoms with Crippen LogP contribution in [-0.4, -0.2) is 76.7 Å². The molecular formula is C40H55N3O6S. The Bertz CT molecular complexity index is 1570. The molecule has 5 unspecified atom stereocenters. The van der Waals surface area contributed by atoms with E-state index in [0.29, 0.717) is 12.8 Å².